The summed E-state index contributed by atoms with van der Waals surface area (Å²) in [5.41, 5.74) is 6.69. The van der Waals surface area contributed by atoms with Gasteiger partial charge in [-0.05, 0) is 23.8 Å². The van der Waals surface area contributed by atoms with Crippen LogP contribution in [0.1, 0.15) is 17.2 Å². The van der Waals surface area contributed by atoms with Gasteiger partial charge in [0.25, 0.3) is 0 Å². The maximum atomic E-state index is 12.4. The SMILES string of the molecule is Cl.N[C@@H](c1ccc(OC(F)(F)F)cc1)c1ccccc1OC(F)F. The van der Waals surface area contributed by atoms with Crippen LogP contribution in [0.4, 0.5) is 22.0 Å². The Morgan fingerprint density at radius 1 is 0.917 bits per heavy atom. The van der Waals surface area contributed by atoms with Gasteiger partial charge < -0.3 is 15.2 Å². The lowest BCUT2D eigenvalue weighted by atomic mass is 9.99. The van der Waals surface area contributed by atoms with Gasteiger partial charge in [-0.3, -0.25) is 0 Å². The molecule has 2 aromatic rings. The van der Waals surface area contributed by atoms with Gasteiger partial charge in [0.2, 0.25) is 0 Å². The quantitative estimate of drug-likeness (QED) is 0.780. The first kappa shape index (κ1) is 20.0. The molecule has 0 spiro atoms. The van der Waals surface area contributed by atoms with Gasteiger partial charge in [-0.25, -0.2) is 0 Å². The number of rotatable bonds is 5. The zero-order valence-electron chi connectivity index (χ0n) is 12.0. The largest absolute Gasteiger partial charge is 0.573 e. The van der Waals surface area contributed by atoms with Crippen molar-refractivity contribution in [3.8, 4) is 11.5 Å². The topological polar surface area (TPSA) is 44.5 Å². The van der Waals surface area contributed by atoms with Crippen LogP contribution in [0, 0.1) is 0 Å². The summed E-state index contributed by atoms with van der Waals surface area (Å²) in [5, 5.41) is 0. The Hall–Kier alpha value is -2.06. The summed E-state index contributed by atoms with van der Waals surface area (Å²) in [6, 6.07) is 9.94. The molecule has 9 heteroatoms. The van der Waals surface area contributed by atoms with Crippen molar-refractivity contribution in [2.45, 2.75) is 19.0 Å². The normalized spacial score (nSPS) is 12.5. The van der Waals surface area contributed by atoms with Gasteiger partial charge in [0.1, 0.15) is 11.5 Å². The second-order valence-electron chi connectivity index (χ2n) is 4.51. The lowest BCUT2D eigenvalue weighted by Gasteiger charge is -2.17. The maximum absolute atomic E-state index is 12.4. The van der Waals surface area contributed by atoms with Crippen LogP contribution >= 0.6 is 12.4 Å². The lowest BCUT2D eigenvalue weighted by Crippen LogP contribution is -2.17. The highest BCUT2D eigenvalue weighted by atomic mass is 35.5. The molecule has 0 saturated heterocycles. The Balaban J connectivity index is 0.00000288. The molecule has 0 aromatic heterocycles. The molecule has 24 heavy (non-hydrogen) atoms. The van der Waals surface area contributed by atoms with Crippen molar-refractivity contribution >= 4 is 12.4 Å². The number of halogens is 6. The molecule has 0 aliphatic heterocycles. The summed E-state index contributed by atoms with van der Waals surface area (Å²) >= 11 is 0. The first-order chi connectivity index (χ1) is 10.8. The van der Waals surface area contributed by atoms with Crippen molar-refractivity contribution in [3.63, 3.8) is 0 Å². The Bertz CT molecular complexity index is 649. The van der Waals surface area contributed by atoms with E-state index in [1.165, 1.54) is 30.3 Å². The molecule has 0 heterocycles. The average Bonchev–Trinajstić information content (AvgIpc) is 2.45. The minimum atomic E-state index is -4.79. The zero-order chi connectivity index (χ0) is 17.0. The Kier molecular flexibility index (Phi) is 6.80. The Morgan fingerprint density at radius 3 is 2.04 bits per heavy atom. The number of para-hydroxylation sites is 1. The number of hydrogen-bond donors (Lipinski definition) is 1. The monoisotopic (exact) mass is 369 g/mol. The highest BCUT2D eigenvalue weighted by Gasteiger charge is 2.31. The van der Waals surface area contributed by atoms with E-state index < -0.39 is 24.8 Å². The molecule has 0 unspecified atom stereocenters. The summed E-state index contributed by atoms with van der Waals surface area (Å²) < 4.78 is 69.2. The number of nitrogens with two attached hydrogens (primary N) is 1. The summed E-state index contributed by atoms with van der Waals surface area (Å²) in [5.74, 6) is -0.490. The van der Waals surface area contributed by atoms with Crippen LogP contribution in [0.3, 0.4) is 0 Å². The van der Waals surface area contributed by atoms with E-state index >= 15 is 0 Å². The van der Waals surface area contributed by atoms with Crippen molar-refractivity contribution < 1.29 is 31.4 Å². The number of hydrogen-bond acceptors (Lipinski definition) is 3. The third kappa shape index (κ3) is 5.54. The fourth-order valence-electron chi connectivity index (χ4n) is 2.00. The molecule has 0 saturated carbocycles. The van der Waals surface area contributed by atoms with Crippen LogP contribution in [0.25, 0.3) is 0 Å². The Labute approximate surface area is 140 Å². The summed E-state index contributed by atoms with van der Waals surface area (Å²) in [6.45, 7) is -3.01. The number of alkyl halides is 5. The van der Waals surface area contributed by atoms with Gasteiger partial charge in [-0.1, -0.05) is 30.3 Å². The fraction of sp³-hybridized carbons (Fsp3) is 0.200. The van der Waals surface area contributed by atoms with Crippen LogP contribution in [0.5, 0.6) is 11.5 Å². The van der Waals surface area contributed by atoms with E-state index in [0.29, 0.717) is 5.56 Å². The average molecular weight is 370 g/mol. The molecular formula is C15H13ClF5NO2. The molecule has 3 nitrogen and oxygen atoms in total. The van der Waals surface area contributed by atoms with Gasteiger partial charge in [-0.2, -0.15) is 8.78 Å². The second-order valence-corrected chi connectivity index (χ2v) is 4.51. The van der Waals surface area contributed by atoms with E-state index in [2.05, 4.69) is 9.47 Å². The zero-order valence-corrected chi connectivity index (χ0v) is 12.8. The van der Waals surface area contributed by atoms with E-state index in [0.717, 1.165) is 12.1 Å². The summed E-state index contributed by atoms with van der Waals surface area (Å²) in [4.78, 5) is 0. The minimum Gasteiger partial charge on any atom is -0.434 e. The van der Waals surface area contributed by atoms with Crippen molar-refractivity contribution in [1.82, 2.24) is 0 Å². The molecule has 0 fully saturated rings. The summed E-state index contributed by atoms with van der Waals surface area (Å²) in [6.07, 6.45) is -4.79. The van der Waals surface area contributed by atoms with Crippen molar-refractivity contribution in [2.24, 2.45) is 5.73 Å². The molecule has 2 N–H and O–H groups in total. The van der Waals surface area contributed by atoms with Gasteiger partial charge in [-0.15, -0.1) is 25.6 Å². The highest BCUT2D eigenvalue weighted by Crippen LogP contribution is 2.31. The molecule has 2 aromatic carbocycles. The molecular weight excluding hydrogens is 357 g/mol. The molecule has 2 rings (SSSR count). The molecule has 0 aliphatic rings. The molecule has 132 valence electrons. The highest BCUT2D eigenvalue weighted by molar-refractivity contribution is 5.85. The summed E-state index contributed by atoms with van der Waals surface area (Å²) in [7, 11) is 0. The first-order valence-electron chi connectivity index (χ1n) is 6.41. The number of benzene rings is 2. The van der Waals surface area contributed by atoms with Gasteiger partial charge in [0.05, 0.1) is 6.04 Å². The molecule has 0 aliphatic carbocycles. The smallest absolute Gasteiger partial charge is 0.434 e. The standard InChI is InChI=1S/C15H12F5NO2.ClH/c16-14(17)22-12-4-2-1-3-11(12)13(21)9-5-7-10(8-6-9)23-15(18,19)20;/h1-8,13-14H,21H2;1H/t13-;/m0./s1. The van der Waals surface area contributed by atoms with E-state index in [-0.39, 0.29) is 23.7 Å². The maximum Gasteiger partial charge on any atom is 0.573 e. The van der Waals surface area contributed by atoms with Gasteiger partial charge >= 0.3 is 13.0 Å². The predicted octanol–water partition coefficient (Wildman–Crippen LogP) is 4.66. The van der Waals surface area contributed by atoms with Crippen LogP contribution in [0.2, 0.25) is 0 Å². The first-order valence-corrected chi connectivity index (χ1v) is 6.41. The number of ether oxygens (including phenoxy) is 2. The fourth-order valence-corrected chi connectivity index (χ4v) is 2.00. The third-order valence-corrected chi connectivity index (χ3v) is 2.94. The third-order valence-electron chi connectivity index (χ3n) is 2.94. The van der Waals surface area contributed by atoms with E-state index in [1.807, 2.05) is 0 Å². The Morgan fingerprint density at radius 2 is 1.50 bits per heavy atom. The van der Waals surface area contributed by atoms with Gasteiger partial charge in [0, 0.05) is 5.56 Å². The predicted molar refractivity (Wildman–Crippen MR) is 79.5 cm³/mol. The van der Waals surface area contributed by atoms with Crippen LogP contribution in [-0.4, -0.2) is 13.0 Å². The lowest BCUT2D eigenvalue weighted by molar-refractivity contribution is -0.274. The van der Waals surface area contributed by atoms with Crippen LogP contribution in [0.15, 0.2) is 48.5 Å². The van der Waals surface area contributed by atoms with E-state index in [1.54, 1.807) is 6.07 Å². The van der Waals surface area contributed by atoms with Crippen molar-refractivity contribution in [1.29, 1.82) is 0 Å². The van der Waals surface area contributed by atoms with E-state index in [9.17, 15) is 22.0 Å². The van der Waals surface area contributed by atoms with Crippen LogP contribution < -0.4 is 15.2 Å². The molecule has 1 atom stereocenters. The van der Waals surface area contributed by atoms with Crippen molar-refractivity contribution in [2.75, 3.05) is 0 Å². The molecule has 0 amide bonds. The van der Waals surface area contributed by atoms with Crippen LogP contribution in [-0.2, 0) is 0 Å². The second kappa shape index (κ2) is 8.16. The molecule has 0 bridgehead atoms. The minimum absolute atomic E-state index is 0. The van der Waals surface area contributed by atoms with E-state index in [4.69, 9.17) is 5.73 Å². The van der Waals surface area contributed by atoms with Crippen molar-refractivity contribution in [3.05, 3.63) is 59.7 Å². The van der Waals surface area contributed by atoms with Gasteiger partial charge in [0.15, 0.2) is 0 Å². The molecule has 0 radical (unpaired) electrons.